The first-order chi connectivity index (χ1) is 13.5. The summed E-state index contributed by atoms with van der Waals surface area (Å²) < 4.78 is 26.2. The van der Waals surface area contributed by atoms with E-state index in [0.717, 1.165) is 41.5 Å². The minimum absolute atomic E-state index is 0.0384. The van der Waals surface area contributed by atoms with Gasteiger partial charge in [0.1, 0.15) is 28.5 Å². The Morgan fingerprint density at radius 3 is 2.68 bits per heavy atom. The van der Waals surface area contributed by atoms with Gasteiger partial charge in [0.2, 0.25) is 0 Å². The fraction of sp³-hybridized carbons (Fsp3) is 0.400. The van der Waals surface area contributed by atoms with Crippen molar-refractivity contribution >= 4 is 44.7 Å². The molecule has 8 heteroatoms. The van der Waals surface area contributed by atoms with E-state index in [4.69, 9.17) is 21.1 Å². The van der Waals surface area contributed by atoms with E-state index >= 15 is 0 Å². The highest BCUT2D eigenvalue weighted by Crippen LogP contribution is 2.39. The lowest BCUT2D eigenvalue weighted by atomic mass is 9.95. The minimum Gasteiger partial charge on any atom is -0.488 e. The van der Waals surface area contributed by atoms with E-state index in [1.165, 1.54) is 29.8 Å². The van der Waals surface area contributed by atoms with Crippen LogP contribution in [0, 0.1) is 12.7 Å². The molecule has 5 nitrogen and oxygen atoms in total. The first-order valence-corrected chi connectivity index (χ1v) is 10.4. The third-order valence-electron chi connectivity index (χ3n) is 5.11. The summed E-state index contributed by atoms with van der Waals surface area (Å²) in [6, 6.07) is 4.49. The van der Waals surface area contributed by atoms with Crippen molar-refractivity contribution < 1.29 is 13.9 Å². The quantitative estimate of drug-likeness (QED) is 0.558. The molecular weight excluding hydrogens is 401 g/mol. The molecule has 1 aliphatic rings. The molecule has 3 aromatic rings. The van der Waals surface area contributed by atoms with Crippen molar-refractivity contribution in [3.05, 3.63) is 40.2 Å². The molecule has 4 rings (SSSR count). The lowest BCUT2D eigenvalue weighted by Gasteiger charge is -2.28. The standard InChI is InChI=1S/C20H21ClFN3O2S/c1-11-17-19(23-10-24-20(17)28-18(11)21)25-15-8-3-12(22)9-16(15)27-14-6-4-13(26-2)5-7-14/h3,8-10,13-14H,4-7H2,1-2H3,(H,23,24,25)/t13-,14-. The van der Waals surface area contributed by atoms with E-state index in [0.29, 0.717) is 21.6 Å². The maximum absolute atomic E-state index is 13.9. The van der Waals surface area contributed by atoms with Gasteiger partial charge in [-0.05, 0) is 50.3 Å². The van der Waals surface area contributed by atoms with Crippen molar-refractivity contribution in [1.82, 2.24) is 9.97 Å². The molecule has 0 bridgehead atoms. The molecule has 0 spiro atoms. The Bertz CT molecular complexity index is 989. The van der Waals surface area contributed by atoms with Crippen LogP contribution in [-0.2, 0) is 4.74 Å². The Morgan fingerprint density at radius 2 is 1.93 bits per heavy atom. The van der Waals surface area contributed by atoms with Gasteiger partial charge in [-0.25, -0.2) is 14.4 Å². The van der Waals surface area contributed by atoms with Gasteiger partial charge in [-0.15, -0.1) is 11.3 Å². The third kappa shape index (κ3) is 3.92. The Morgan fingerprint density at radius 1 is 1.18 bits per heavy atom. The number of nitrogens with zero attached hydrogens (tertiary/aromatic N) is 2. The predicted molar refractivity (Wildman–Crippen MR) is 111 cm³/mol. The average Bonchev–Trinajstić information content (AvgIpc) is 2.99. The van der Waals surface area contributed by atoms with Crippen molar-refractivity contribution in [2.75, 3.05) is 12.4 Å². The number of aromatic nitrogens is 2. The van der Waals surface area contributed by atoms with Gasteiger partial charge in [-0.2, -0.15) is 0 Å². The maximum atomic E-state index is 13.9. The van der Waals surface area contributed by atoms with Crippen LogP contribution in [0.25, 0.3) is 10.2 Å². The zero-order chi connectivity index (χ0) is 19.7. The summed E-state index contributed by atoms with van der Waals surface area (Å²) in [7, 11) is 1.74. The van der Waals surface area contributed by atoms with E-state index in [2.05, 4.69) is 15.3 Å². The summed E-state index contributed by atoms with van der Waals surface area (Å²) in [6.45, 7) is 1.94. The Labute approximate surface area is 171 Å². The van der Waals surface area contributed by atoms with Crippen LogP contribution < -0.4 is 10.1 Å². The number of benzene rings is 1. The van der Waals surface area contributed by atoms with Gasteiger partial charge in [-0.3, -0.25) is 0 Å². The van der Waals surface area contributed by atoms with Crippen LogP contribution >= 0.6 is 22.9 Å². The molecule has 1 aliphatic carbocycles. The fourth-order valence-electron chi connectivity index (χ4n) is 3.53. The first-order valence-electron chi connectivity index (χ1n) is 9.20. The second-order valence-corrected chi connectivity index (χ2v) is 8.52. The number of halogens is 2. The number of methoxy groups -OCH3 is 1. The molecule has 2 aromatic heterocycles. The van der Waals surface area contributed by atoms with Gasteiger partial charge in [0.25, 0.3) is 0 Å². The molecule has 148 valence electrons. The van der Waals surface area contributed by atoms with Crippen molar-refractivity contribution in [2.24, 2.45) is 0 Å². The molecule has 1 aromatic carbocycles. The Hall–Kier alpha value is -1.96. The van der Waals surface area contributed by atoms with Crippen molar-refractivity contribution in [3.63, 3.8) is 0 Å². The van der Waals surface area contributed by atoms with Crippen molar-refractivity contribution in [3.8, 4) is 5.75 Å². The van der Waals surface area contributed by atoms with Gasteiger partial charge < -0.3 is 14.8 Å². The predicted octanol–water partition coefficient (Wildman–Crippen LogP) is 5.87. The highest BCUT2D eigenvalue weighted by molar-refractivity contribution is 7.22. The molecule has 0 unspecified atom stereocenters. The number of aryl methyl sites for hydroxylation is 1. The van der Waals surface area contributed by atoms with Crippen LogP contribution in [0.3, 0.4) is 0 Å². The molecule has 0 saturated heterocycles. The molecule has 1 saturated carbocycles. The Kier molecular flexibility index (Phi) is 5.66. The van der Waals surface area contributed by atoms with E-state index in [1.807, 2.05) is 6.92 Å². The topological polar surface area (TPSA) is 56.3 Å². The SMILES string of the molecule is CO[C@H]1CC[C@H](Oc2cc(F)ccc2Nc2ncnc3sc(Cl)c(C)c23)CC1. The van der Waals surface area contributed by atoms with Gasteiger partial charge >= 0.3 is 0 Å². The summed E-state index contributed by atoms with van der Waals surface area (Å²) >= 11 is 7.68. The number of rotatable bonds is 5. The number of hydrogen-bond donors (Lipinski definition) is 1. The number of thiophene rings is 1. The molecule has 1 N–H and O–H groups in total. The molecule has 0 aliphatic heterocycles. The summed E-state index contributed by atoms with van der Waals surface area (Å²) in [5.41, 5.74) is 1.59. The number of hydrogen-bond acceptors (Lipinski definition) is 6. The highest BCUT2D eigenvalue weighted by atomic mass is 35.5. The summed E-state index contributed by atoms with van der Waals surface area (Å²) in [6.07, 6.45) is 5.46. The summed E-state index contributed by atoms with van der Waals surface area (Å²) in [4.78, 5) is 9.47. The number of anilines is 2. The molecule has 0 amide bonds. The average molecular weight is 422 g/mol. The maximum Gasteiger partial charge on any atom is 0.146 e. The smallest absolute Gasteiger partial charge is 0.146 e. The second kappa shape index (κ2) is 8.19. The molecule has 0 atom stereocenters. The molecular formula is C20H21ClFN3O2S. The van der Waals surface area contributed by atoms with Crippen molar-refractivity contribution in [2.45, 2.75) is 44.8 Å². The number of nitrogens with one attached hydrogen (secondary N) is 1. The van der Waals surface area contributed by atoms with Crippen LogP contribution in [0.5, 0.6) is 5.75 Å². The molecule has 1 fully saturated rings. The van der Waals surface area contributed by atoms with Crippen LogP contribution in [0.1, 0.15) is 31.2 Å². The summed E-state index contributed by atoms with van der Waals surface area (Å²) in [5.74, 6) is 0.769. The lowest BCUT2D eigenvalue weighted by molar-refractivity contribution is 0.0329. The minimum atomic E-state index is -0.339. The lowest BCUT2D eigenvalue weighted by Crippen LogP contribution is -2.27. The summed E-state index contributed by atoms with van der Waals surface area (Å²) in [5, 5.41) is 4.16. The monoisotopic (exact) mass is 421 g/mol. The van der Waals surface area contributed by atoms with Gasteiger partial charge in [-0.1, -0.05) is 11.6 Å². The second-order valence-electron chi connectivity index (χ2n) is 6.92. The highest BCUT2D eigenvalue weighted by Gasteiger charge is 2.23. The van der Waals surface area contributed by atoms with Crippen LogP contribution in [0.4, 0.5) is 15.9 Å². The van der Waals surface area contributed by atoms with Crippen molar-refractivity contribution in [1.29, 1.82) is 0 Å². The molecule has 2 heterocycles. The van der Waals surface area contributed by atoms with E-state index in [9.17, 15) is 4.39 Å². The largest absolute Gasteiger partial charge is 0.488 e. The molecule has 28 heavy (non-hydrogen) atoms. The van der Waals surface area contributed by atoms with Gasteiger partial charge in [0.05, 0.1) is 27.6 Å². The number of ether oxygens (including phenoxy) is 2. The van der Waals surface area contributed by atoms with Crippen LogP contribution in [-0.4, -0.2) is 29.3 Å². The Balaban J connectivity index is 1.61. The van der Waals surface area contributed by atoms with Crippen LogP contribution in [0.2, 0.25) is 4.34 Å². The third-order valence-corrected chi connectivity index (χ3v) is 6.62. The van der Waals surface area contributed by atoms with Gasteiger partial charge in [0.15, 0.2) is 0 Å². The fourth-order valence-corrected chi connectivity index (χ4v) is 4.72. The van der Waals surface area contributed by atoms with E-state index in [1.54, 1.807) is 13.2 Å². The van der Waals surface area contributed by atoms with E-state index in [-0.39, 0.29) is 18.0 Å². The van der Waals surface area contributed by atoms with Crippen LogP contribution in [0.15, 0.2) is 24.5 Å². The number of fused-ring (bicyclic) bond motifs is 1. The zero-order valence-electron chi connectivity index (χ0n) is 15.7. The van der Waals surface area contributed by atoms with Gasteiger partial charge in [0, 0.05) is 13.2 Å². The zero-order valence-corrected chi connectivity index (χ0v) is 17.2. The normalized spacial score (nSPS) is 19.7. The molecule has 0 radical (unpaired) electrons. The first kappa shape index (κ1) is 19.4. The van der Waals surface area contributed by atoms with E-state index < -0.39 is 0 Å².